The molecule has 0 saturated carbocycles. The summed E-state index contributed by atoms with van der Waals surface area (Å²) in [5.41, 5.74) is 3.84. The minimum atomic E-state index is -0.829. The lowest BCUT2D eigenvalue weighted by molar-refractivity contribution is 0.142. The fourth-order valence-corrected chi connectivity index (χ4v) is 4.28. The van der Waals surface area contributed by atoms with Crippen LogP contribution in [0.3, 0.4) is 0 Å². The molecule has 0 spiro atoms. The summed E-state index contributed by atoms with van der Waals surface area (Å²) < 4.78 is 1.97. The van der Waals surface area contributed by atoms with Crippen molar-refractivity contribution in [3.63, 3.8) is 0 Å². The number of hydrogen-bond acceptors (Lipinski definition) is 4. The maximum absolute atomic E-state index is 11.1. The number of likely N-dealkylation sites (tertiary alicyclic amines) is 1. The van der Waals surface area contributed by atoms with E-state index in [-0.39, 0.29) is 0 Å². The van der Waals surface area contributed by atoms with Crippen molar-refractivity contribution in [3.05, 3.63) is 39.6 Å². The van der Waals surface area contributed by atoms with Crippen molar-refractivity contribution in [2.45, 2.75) is 25.8 Å². The van der Waals surface area contributed by atoms with E-state index in [9.17, 15) is 4.79 Å². The lowest BCUT2D eigenvalue weighted by atomic mass is 9.95. The van der Waals surface area contributed by atoms with Gasteiger partial charge in [0.05, 0.1) is 0 Å². The quantitative estimate of drug-likeness (QED) is 0.810. The van der Waals surface area contributed by atoms with Crippen molar-refractivity contribution in [2.75, 3.05) is 13.1 Å². The van der Waals surface area contributed by atoms with Gasteiger partial charge >= 0.3 is 6.09 Å². The molecule has 1 fully saturated rings. The number of aryl methyl sites for hydroxylation is 2. The number of piperidine rings is 1. The summed E-state index contributed by atoms with van der Waals surface area (Å²) in [6.07, 6.45) is 3.29. The van der Waals surface area contributed by atoms with Gasteiger partial charge in [0.1, 0.15) is 6.33 Å². The minimum Gasteiger partial charge on any atom is -0.465 e. The van der Waals surface area contributed by atoms with Crippen molar-refractivity contribution in [1.29, 1.82) is 0 Å². The molecule has 7 heteroatoms. The molecule has 2 aliphatic rings. The lowest BCUT2D eigenvalue weighted by Gasteiger charge is -2.27. The van der Waals surface area contributed by atoms with Gasteiger partial charge < -0.3 is 10.0 Å². The van der Waals surface area contributed by atoms with Gasteiger partial charge in [-0.3, -0.25) is 0 Å². The minimum absolute atomic E-state index is 0.559. The largest absolute Gasteiger partial charge is 0.465 e. The summed E-state index contributed by atoms with van der Waals surface area (Å²) in [6.45, 7) is 1.96. The van der Waals surface area contributed by atoms with Gasteiger partial charge in [-0.15, -0.1) is 11.3 Å². The maximum Gasteiger partial charge on any atom is 0.407 e. The Labute approximate surface area is 131 Å². The number of rotatable bonds is 0. The van der Waals surface area contributed by atoms with Crippen LogP contribution in [0.1, 0.15) is 29.1 Å². The normalized spacial score (nSPS) is 17.9. The van der Waals surface area contributed by atoms with Gasteiger partial charge in [0, 0.05) is 30.1 Å². The fourth-order valence-electron chi connectivity index (χ4n) is 3.24. The fraction of sp³-hybridized carbons (Fsp3) is 0.400. The van der Waals surface area contributed by atoms with Crippen molar-refractivity contribution in [1.82, 2.24) is 19.7 Å². The van der Waals surface area contributed by atoms with E-state index in [0.717, 1.165) is 31.6 Å². The maximum atomic E-state index is 11.1. The van der Waals surface area contributed by atoms with E-state index >= 15 is 0 Å². The zero-order chi connectivity index (χ0) is 15.1. The Balaban J connectivity index is 1.80. The Morgan fingerprint density at radius 3 is 2.82 bits per heavy atom. The van der Waals surface area contributed by atoms with Crippen LogP contribution < -0.4 is 0 Å². The van der Waals surface area contributed by atoms with E-state index in [2.05, 4.69) is 21.5 Å². The molecule has 1 N–H and O–H groups in total. The van der Waals surface area contributed by atoms with E-state index in [1.165, 1.54) is 26.5 Å². The Morgan fingerprint density at radius 2 is 2.05 bits per heavy atom. The second-order valence-corrected chi connectivity index (χ2v) is 6.50. The standard InChI is InChI=1S/C15H16N4O2S/c20-15(21)18-5-1-10(2-6-18)12-13-11(4-8-22-13)3-7-19-14(12)16-9-17-19/h4,8-9H,1-3,5-7H2,(H,20,21). The number of thiophene rings is 1. The van der Waals surface area contributed by atoms with Crippen LogP contribution in [0.25, 0.3) is 5.57 Å². The van der Waals surface area contributed by atoms with Gasteiger partial charge in [0.15, 0.2) is 5.82 Å². The molecule has 1 saturated heterocycles. The average molecular weight is 316 g/mol. The first-order valence-electron chi connectivity index (χ1n) is 7.39. The molecule has 2 aromatic heterocycles. The molecular weight excluding hydrogens is 300 g/mol. The highest BCUT2D eigenvalue weighted by Gasteiger charge is 2.27. The molecule has 6 nitrogen and oxygen atoms in total. The first-order valence-corrected chi connectivity index (χ1v) is 8.27. The number of fused-ring (bicyclic) bond motifs is 2. The van der Waals surface area contributed by atoms with Crippen molar-refractivity contribution < 1.29 is 9.90 Å². The zero-order valence-electron chi connectivity index (χ0n) is 12.0. The van der Waals surface area contributed by atoms with E-state index in [1.807, 2.05) is 4.68 Å². The molecule has 2 aromatic rings. The van der Waals surface area contributed by atoms with Gasteiger partial charge in [-0.1, -0.05) is 5.57 Å². The van der Waals surface area contributed by atoms with Crippen LogP contribution in [-0.2, 0) is 13.0 Å². The molecule has 2 aliphatic heterocycles. The highest BCUT2D eigenvalue weighted by molar-refractivity contribution is 7.11. The predicted octanol–water partition coefficient (Wildman–Crippen LogP) is 2.47. The average Bonchev–Trinajstić information content (AvgIpc) is 3.14. The molecule has 4 heterocycles. The van der Waals surface area contributed by atoms with E-state index in [4.69, 9.17) is 5.11 Å². The number of hydrogen-bond donors (Lipinski definition) is 1. The van der Waals surface area contributed by atoms with Crippen molar-refractivity contribution in [2.24, 2.45) is 0 Å². The van der Waals surface area contributed by atoms with Crippen LogP contribution in [0.4, 0.5) is 4.79 Å². The Hall–Kier alpha value is -2.15. The summed E-state index contributed by atoms with van der Waals surface area (Å²) in [5, 5.41) is 15.6. The summed E-state index contributed by atoms with van der Waals surface area (Å²) in [7, 11) is 0. The van der Waals surface area contributed by atoms with E-state index in [0.29, 0.717) is 13.1 Å². The highest BCUT2D eigenvalue weighted by Crippen LogP contribution is 2.38. The summed E-state index contributed by atoms with van der Waals surface area (Å²) in [6, 6.07) is 2.18. The van der Waals surface area contributed by atoms with Crippen LogP contribution in [0, 0.1) is 0 Å². The van der Waals surface area contributed by atoms with Gasteiger partial charge in [-0.25, -0.2) is 14.5 Å². The molecule has 114 valence electrons. The lowest BCUT2D eigenvalue weighted by Crippen LogP contribution is -2.35. The molecule has 4 rings (SSSR count). The van der Waals surface area contributed by atoms with Gasteiger partial charge in [0.2, 0.25) is 0 Å². The topological polar surface area (TPSA) is 71.2 Å². The first-order chi connectivity index (χ1) is 10.7. The molecule has 0 bridgehead atoms. The molecular formula is C15H16N4O2S. The Morgan fingerprint density at radius 1 is 1.23 bits per heavy atom. The molecule has 1 amide bonds. The van der Waals surface area contributed by atoms with E-state index < -0.39 is 6.09 Å². The zero-order valence-corrected chi connectivity index (χ0v) is 12.8. The van der Waals surface area contributed by atoms with Gasteiger partial charge in [0.25, 0.3) is 0 Å². The second-order valence-electron chi connectivity index (χ2n) is 5.58. The highest BCUT2D eigenvalue weighted by atomic mass is 32.1. The number of carboxylic acid groups (broad SMARTS) is 1. The molecule has 0 atom stereocenters. The molecule has 0 unspecified atom stereocenters. The third kappa shape index (κ3) is 2.12. The van der Waals surface area contributed by atoms with Crippen molar-refractivity contribution >= 4 is 23.0 Å². The third-order valence-electron chi connectivity index (χ3n) is 4.40. The number of carbonyl (C=O) groups is 1. The smallest absolute Gasteiger partial charge is 0.407 e. The summed E-state index contributed by atoms with van der Waals surface area (Å²) >= 11 is 1.75. The molecule has 0 aromatic carbocycles. The van der Waals surface area contributed by atoms with Crippen LogP contribution in [0.2, 0.25) is 0 Å². The number of nitrogens with zero attached hydrogens (tertiary/aromatic N) is 4. The SMILES string of the molecule is O=C(O)N1CCC(=C2c3sccc3CCn3ncnc32)CC1. The predicted molar refractivity (Wildman–Crippen MR) is 82.9 cm³/mol. The van der Waals surface area contributed by atoms with Crippen LogP contribution in [-0.4, -0.2) is 44.0 Å². The molecule has 0 radical (unpaired) electrons. The Bertz CT molecular complexity index is 707. The Kier molecular flexibility index (Phi) is 3.22. The molecule has 0 aliphatic carbocycles. The monoisotopic (exact) mass is 316 g/mol. The van der Waals surface area contributed by atoms with Gasteiger partial charge in [-0.05, 0) is 36.3 Å². The van der Waals surface area contributed by atoms with E-state index in [1.54, 1.807) is 17.7 Å². The second kappa shape index (κ2) is 5.24. The van der Waals surface area contributed by atoms with Crippen LogP contribution in [0.15, 0.2) is 23.3 Å². The van der Waals surface area contributed by atoms with Crippen LogP contribution >= 0.6 is 11.3 Å². The number of amides is 1. The first kappa shape index (κ1) is 13.5. The van der Waals surface area contributed by atoms with Crippen molar-refractivity contribution in [3.8, 4) is 0 Å². The molecule has 22 heavy (non-hydrogen) atoms. The summed E-state index contributed by atoms with van der Waals surface area (Å²) in [5.74, 6) is 0.931. The third-order valence-corrected chi connectivity index (χ3v) is 5.37. The number of aromatic nitrogens is 3. The summed E-state index contributed by atoms with van der Waals surface area (Å²) in [4.78, 5) is 18.3. The van der Waals surface area contributed by atoms with Crippen LogP contribution in [0.5, 0.6) is 0 Å². The van der Waals surface area contributed by atoms with Gasteiger partial charge in [-0.2, -0.15) is 5.10 Å².